The highest BCUT2D eigenvalue weighted by atomic mass is 19.1. The fourth-order valence-electron chi connectivity index (χ4n) is 2.78. The molecule has 2 heterocycles. The average Bonchev–Trinajstić information content (AvgIpc) is 3.07. The third-order valence-corrected chi connectivity index (χ3v) is 3.97. The number of nitrogens with zero attached hydrogens (tertiary/aromatic N) is 2. The molecule has 1 N–H and O–H groups in total. The maximum absolute atomic E-state index is 13.1. The Kier molecular flexibility index (Phi) is 3.93. The highest BCUT2D eigenvalue weighted by Gasteiger charge is 2.20. The summed E-state index contributed by atoms with van der Waals surface area (Å²) >= 11 is 0. The molecule has 0 saturated carbocycles. The van der Waals surface area contributed by atoms with Crippen LogP contribution in [0.25, 0.3) is 22.4 Å². The highest BCUT2D eigenvalue weighted by molar-refractivity contribution is 6.14. The number of benzene rings is 2. The summed E-state index contributed by atoms with van der Waals surface area (Å²) in [5.74, 6) is -0.706. The zero-order valence-electron chi connectivity index (χ0n) is 13.9. The molecule has 0 atom stereocenters. The van der Waals surface area contributed by atoms with Crippen LogP contribution in [0.3, 0.4) is 0 Å². The van der Waals surface area contributed by atoms with Gasteiger partial charge in [0.05, 0.1) is 10.9 Å². The SMILES string of the molecule is Cc1cc(C(=O)Nc2ccc(F)cc2)c2c(-c3ccccc3)noc2n1. The maximum Gasteiger partial charge on any atom is 0.259 e. The normalized spacial score (nSPS) is 10.8. The lowest BCUT2D eigenvalue weighted by Gasteiger charge is -2.07. The zero-order valence-corrected chi connectivity index (χ0v) is 13.9. The van der Waals surface area contributed by atoms with Gasteiger partial charge in [-0.2, -0.15) is 0 Å². The molecule has 0 aliphatic carbocycles. The Labute approximate surface area is 148 Å². The molecule has 0 fully saturated rings. The molecule has 0 bridgehead atoms. The van der Waals surface area contributed by atoms with Gasteiger partial charge in [0.2, 0.25) is 0 Å². The second-order valence-corrected chi connectivity index (χ2v) is 5.85. The first kappa shape index (κ1) is 16.0. The molecule has 2 aromatic heterocycles. The van der Waals surface area contributed by atoms with E-state index in [0.29, 0.717) is 33.7 Å². The smallest absolute Gasteiger partial charge is 0.259 e. The van der Waals surface area contributed by atoms with E-state index >= 15 is 0 Å². The molecular weight excluding hydrogens is 333 g/mol. The van der Waals surface area contributed by atoms with Crippen LogP contribution < -0.4 is 5.32 Å². The van der Waals surface area contributed by atoms with E-state index in [1.807, 2.05) is 30.3 Å². The fraction of sp³-hybridized carbons (Fsp3) is 0.0500. The summed E-state index contributed by atoms with van der Waals surface area (Å²) in [6.07, 6.45) is 0. The Morgan fingerprint density at radius 3 is 2.54 bits per heavy atom. The molecule has 0 aliphatic heterocycles. The van der Waals surface area contributed by atoms with Crippen LogP contribution in [0.2, 0.25) is 0 Å². The minimum absolute atomic E-state index is 0.299. The van der Waals surface area contributed by atoms with Crippen LogP contribution in [-0.2, 0) is 0 Å². The second-order valence-electron chi connectivity index (χ2n) is 5.85. The summed E-state index contributed by atoms with van der Waals surface area (Å²) in [5.41, 5.74) is 3.21. The van der Waals surface area contributed by atoms with E-state index in [4.69, 9.17) is 4.52 Å². The van der Waals surface area contributed by atoms with Gasteiger partial charge in [0.1, 0.15) is 11.5 Å². The summed E-state index contributed by atoms with van der Waals surface area (Å²) in [7, 11) is 0. The first-order valence-corrected chi connectivity index (χ1v) is 8.01. The zero-order chi connectivity index (χ0) is 18.1. The van der Waals surface area contributed by atoms with Crippen molar-refractivity contribution in [1.82, 2.24) is 10.1 Å². The molecule has 6 heteroatoms. The van der Waals surface area contributed by atoms with E-state index in [1.54, 1.807) is 13.0 Å². The molecule has 26 heavy (non-hydrogen) atoms. The standard InChI is InChI=1S/C20H14FN3O2/c1-12-11-16(19(25)23-15-9-7-14(21)8-10-15)17-18(24-26-20(17)22-12)13-5-3-2-4-6-13/h2-11H,1H3,(H,23,25). The molecule has 0 saturated heterocycles. The number of hydrogen-bond donors (Lipinski definition) is 1. The topological polar surface area (TPSA) is 68.0 Å². The minimum atomic E-state index is -0.365. The van der Waals surface area contributed by atoms with Gasteiger partial charge in [-0.25, -0.2) is 9.37 Å². The highest BCUT2D eigenvalue weighted by Crippen LogP contribution is 2.30. The Hall–Kier alpha value is -3.54. The van der Waals surface area contributed by atoms with Crippen LogP contribution in [0.15, 0.2) is 65.2 Å². The van der Waals surface area contributed by atoms with Crippen LogP contribution in [-0.4, -0.2) is 16.0 Å². The van der Waals surface area contributed by atoms with Crippen molar-refractivity contribution in [2.45, 2.75) is 6.92 Å². The first-order chi connectivity index (χ1) is 12.6. The predicted octanol–water partition coefficient (Wildman–Crippen LogP) is 4.59. The Balaban J connectivity index is 1.82. The summed E-state index contributed by atoms with van der Waals surface area (Å²) in [6.45, 7) is 1.78. The van der Waals surface area contributed by atoms with Gasteiger partial charge < -0.3 is 9.84 Å². The largest absolute Gasteiger partial charge is 0.335 e. The number of aryl methyl sites for hydroxylation is 1. The number of aromatic nitrogens is 2. The summed E-state index contributed by atoms with van der Waals surface area (Å²) in [4.78, 5) is 17.2. The Morgan fingerprint density at radius 2 is 1.81 bits per heavy atom. The molecule has 1 amide bonds. The summed E-state index contributed by atoms with van der Waals surface area (Å²) in [6, 6.07) is 16.7. The van der Waals surface area contributed by atoms with Gasteiger partial charge in [-0.05, 0) is 37.3 Å². The first-order valence-electron chi connectivity index (χ1n) is 8.01. The van der Waals surface area contributed by atoms with E-state index in [1.165, 1.54) is 24.3 Å². The van der Waals surface area contributed by atoms with Crippen molar-refractivity contribution in [1.29, 1.82) is 0 Å². The molecule has 0 unspecified atom stereocenters. The number of halogens is 1. The molecular formula is C20H14FN3O2. The van der Waals surface area contributed by atoms with Crippen molar-refractivity contribution >= 4 is 22.7 Å². The van der Waals surface area contributed by atoms with Gasteiger partial charge in [-0.1, -0.05) is 35.5 Å². The third kappa shape index (κ3) is 2.93. The monoisotopic (exact) mass is 347 g/mol. The lowest BCUT2D eigenvalue weighted by Crippen LogP contribution is -2.13. The van der Waals surface area contributed by atoms with Crippen LogP contribution in [0.4, 0.5) is 10.1 Å². The Morgan fingerprint density at radius 1 is 1.08 bits per heavy atom. The van der Waals surface area contributed by atoms with Gasteiger partial charge in [0, 0.05) is 16.9 Å². The number of carbonyl (C=O) groups excluding carboxylic acids is 1. The van der Waals surface area contributed by atoms with Gasteiger partial charge in [-0.15, -0.1) is 0 Å². The molecule has 0 spiro atoms. The van der Waals surface area contributed by atoms with Crippen LogP contribution >= 0.6 is 0 Å². The van der Waals surface area contributed by atoms with Crippen LogP contribution in [0.1, 0.15) is 16.1 Å². The lowest BCUT2D eigenvalue weighted by molar-refractivity contribution is 0.102. The number of hydrogen-bond acceptors (Lipinski definition) is 4. The van der Waals surface area contributed by atoms with Crippen LogP contribution in [0, 0.1) is 12.7 Å². The van der Waals surface area contributed by atoms with Crippen molar-refractivity contribution in [2.75, 3.05) is 5.32 Å². The van der Waals surface area contributed by atoms with E-state index in [9.17, 15) is 9.18 Å². The number of fused-ring (bicyclic) bond motifs is 1. The van der Waals surface area contributed by atoms with Gasteiger partial charge in [0.25, 0.3) is 11.6 Å². The molecule has 128 valence electrons. The minimum Gasteiger partial charge on any atom is -0.335 e. The van der Waals surface area contributed by atoms with Crippen molar-refractivity contribution < 1.29 is 13.7 Å². The summed E-state index contributed by atoms with van der Waals surface area (Å²) < 4.78 is 18.4. The number of carbonyl (C=O) groups is 1. The van der Waals surface area contributed by atoms with Crippen molar-refractivity contribution in [3.05, 3.63) is 77.7 Å². The molecule has 0 aliphatic rings. The number of anilines is 1. The van der Waals surface area contributed by atoms with Gasteiger partial charge >= 0.3 is 0 Å². The molecule has 2 aromatic carbocycles. The molecule has 0 radical (unpaired) electrons. The van der Waals surface area contributed by atoms with Crippen molar-refractivity contribution in [2.24, 2.45) is 0 Å². The maximum atomic E-state index is 13.1. The average molecular weight is 347 g/mol. The van der Waals surface area contributed by atoms with Crippen molar-refractivity contribution in [3.8, 4) is 11.3 Å². The number of amides is 1. The number of pyridine rings is 1. The quantitative estimate of drug-likeness (QED) is 0.588. The van der Waals surface area contributed by atoms with Gasteiger partial charge in [-0.3, -0.25) is 4.79 Å². The van der Waals surface area contributed by atoms with Crippen molar-refractivity contribution in [3.63, 3.8) is 0 Å². The number of nitrogens with one attached hydrogen (secondary N) is 1. The lowest BCUT2D eigenvalue weighted by atomic mass is 10.0. The second kappa shape index (κ2) is 6.40. The summed E-state index contributed by atoms with van der Waals surface area (Å²) in [5, 5.41) is 7.41. The molecule has 4 aromatic rings. The Bertz CT molecular complexity index is 1090. The number of rotatable bonds is 3. The van der Waals surface area contributed by atoms with Crippen LogP contribution in [0.5, 0.6) is 0 Å². The molecule has 4 rings (SSSR count). The van der Waals surface area contributed by atoms with E-state index in [-0.39, 0.29) is 11.7 Å². The molecule has 5 nitrogen and oxygen atoms in total. The predicted molar refractivity (Wildman–Crippen MR) is 96.3 cm³/mol. The fourth-order valence-corrected chi connectivity index (χ4v) is 2.78. The van der Waals surface area contributed by atoms with E-state index < -0.39 is 0 Å². The van der Waals surface area contributed by atoms with Gasteiger partial charge in [0.15, 0.2) is 0 Å². The van der Waals surface area contributed by atoms with E-state index in [2.05, 4.69) is 15.5 Å². The van der Waals surface area contributed by atoms with E-state index in [0.717, 1.165) is 5.56 Å². The third-order valence-electron chi connectivity index (χ3n) is 3.97.